The van der Waals surface area contributed by atoms with E-state index in [0.29, 0.717) is 6.04 Å². The monoisotopic (exact) mass is 262 g/mol. The van der Waals surface area contributed by atoms with E-state index < -0.39 is 0 Å². The van der Waals surface area contributed by atoms with E-state index in [1.54, 1.807) is 0 Å². The lowest BCUT2D eigenvalue weighted by atomic mass is 10.1. The molecule has 1 saturated heterocycles. The Balaban J connectivity index is 2.03. The first-order valence-corrected chi connectivity index (χ1v) is 7.36. The SMILES string of the molecule is CC[C@H](N)c1ccc(N2CCN(CC)C(C)C2)cn1. The summed E-state index contributed by atoms with van der Waals surface area (Å²) in [5.41, 5.74) is 8.21. The molecule has 1 aromatic heterocycles. The summed E-state index contributed by atoms with van der Waals surface area (Å²) in [5, 5.41) is 0. The first-order chi connectivity index (χ1) is 9.15. The van der Waals surface area contributed by atoms with Gasteiger partial charge in [0.2, 0.25) is 0 Å². The number of likely N-dealkylation sites (N-methyl/N-ethyl adjacent to an activating group) is 1. The zero-order valence-corrected chi connectivity index (χ0v) is 12.3. The second-order valence-electron chi connectivity index (χ2n) is 5.38. The molecule has 2 atom stereocenters. The maximum atomic E-state index is 6.00. The predicted molar refractivity (Wildman–Crippen MR) is 80.4 cm³/mol. The van der Waals surface area contributed by atoms with Gasteiger partial charge in [-0.15, -0.1) is 0 Å². The molecule has 1 aliphatic rings. The van der Waals surface area contributed by atoms with Gasteiger partial charge in [0.05, 0.1) is 17.6 Å². The van der Waals surface area contributed by atoms with Crippen LogP contribution in [0.2, 0.25) is 0 Å². The minimum absolute atomic E-state index is 0.0601. The molecule has 19 heavy (non-hydrogen) atoms. The summed E-state index contributed by atoms with van der Waals surface area (Å²) in [7, 11) is 0. The second-order valence-corrected chi connectivity index (χ2v) is 5.38. The molecule has 2 heterocycles. The molecule has 1 fully saturated rings. The van der Waals surface area contributed by atoms with Crippen LogP contribution in [-0.2, 0) is 0 Å². The van der Waals surface area contributed by atoms with E-state index in [0.717, 1.165) is 38.3 Å². The summed E-state index contributed by atoms with van der Waals surface area (Å²) in [6, 6.07) is 4.90. The summed E-state index contributed by atoms with van der Waals surface area (Å²) in [4.78, 5) is 9.45. The lowest BCUT2D eigenvalue weighted by molar-refractivity contribution is 0.199. The standard InChI is InChI=1S/C15H26N4/c1-4-14(16)15-7-6-13(10-17-15)19-9-8-18(5-2)12(3)11-19/h6-7,10,12,14H,4-5,8-9,11,16H2,1-3H3/t12?,14-/m0/s1. The Morgan fingerprint density at radius 3 is 2.68 bits per heavy atom. The zero-order valence-electron chi connectivity index (χ0n) is 12.3. The Bertz CT molecular complexity index is 390. The van der Waals surface area contributed by atoms with Crippen LogP contribution in [0.25, 0.3) is 0 Å². The van der Waals surface area contributed by atoms with Crippen molar-refractivity contribution in [1.82, 2.24) is 9.88 Å². The van der Waals surface area contributed by atoms with Crippen molar-refractivity contribution in [3.63, 3.8) is 0 Å². The molecule has 0 aliphatic carbocycles. The Morgan fingerprint density at radius 2 is 2.16 bits per heavy atom. The van der Waals surface area contributed by atoms with Crippen LogP contribution in [0.5, 0.6) is 0 Å². The van der Waals surface area contributed by atoms with Crippen LogP contribution in [0.1, 0.15) is 38.9 Å². The molecule has 0 spiro atoms. The molecule has 1 unspecified atom stereocenters. The van der Waals surface area contributed by atoms with Crippen LogP contribution in [0.15, 0.2) is 18.3 Å². The Hall–Kier alpha value is -1.13. The van der Waals surface area contributed by atoms with Gasteiger partial charge in [-0.2, -0.15) is 0 Å². The normalized spacial score (nSPS) is 22.5. The highest BCUT2D eigenvalue weighted by Crippen LogP contribution is 2.20. The number of piperazine rings is 1. The smallest absolute Gasteiger partial charge is 0.0572 e. The van der Waals surface area contributed by atoms with E-state index in [1.807, 2.05) is 6.20 Å². The molecule has 0 radical (unpaired) electrons. The third kappa shape index (κ3) is 3.25. The summed E-state index contributed by atoms with van der Waals surface area (Å²) in [6.45, 7) is 11.0. The summed E-state index contributed by atoms with van der Waals surface area (Å²) in [5.74, 6) is 0. The first kappa shape index (κ1) is 14.3. The van der Waals surface area contributed by atoms with Crippen molar-refractivity contribution in [3.05, 3.63) is 24.0 Å². The van der Waals surface area contributed by atoms with Gasteiger partial charge in [-0.25, -0.2) is 0 Å². The van der Waals surface area contributed by atoms with Crippen molar-refractivity contribution >= 4 is 5.69 Å². The lowest BCUT2D eigenvalue weighted by Crippen LogP contribution is -2.51. The van der Waals surface area contributed by atoms with Crippen LogP contribution in [0, 0.1) is 0 Å². The summed E-state index contributed by atoms with van der Waals surface area (Å²) >= 11 is 0. The fourth-order valence-electron chi connectivity index (χ4n) is 2.71. The summed E-state index contributed by atoms with van der Waals surface area (Å²) < 4.78 is 0. The number of pyridine rings is 1. The van der Waals surface area contributed by atoms with Crippen molar-refractivity contribution < 1.29 is 0 Å². The van der Waals surface area contributed by atoms with Crippen molar-refractivity contribution in [2.24, 2.45) is 5.73 Å². The van der Waals surface area contributed by atoms with Gasteiger partial charge < -0.3 is 10.6 Å². The maximum absolute atomic E-state index is 6.00. The van der Waals surface area contributed by atoms with Crippen LogP contribution in [0.3, 0.4) is 0 Å². The van der Waals surface area contributed by atoms with Gasteiger partial charge in [0.1, 0.15) is 0 Å². The number of nitrogens with two attached hydrogens (primary N) is 1. The summed E-state index contributed by atoms with van der Waals surface area (Å²) in [6.07, 6.45) is 2.90. The van der Waals surface area contributed by atoms with Crippen molar-refractivity contribution in [3.8, 4) is 0 Å². The number of anilines is 1. The van der Waals surface area contributed by atoms with E-state index in [1.165, 1.54) is 5.69 Å². The first-order valence-electron chi connectivity index (χ1n) is 7.36. The van der Waals surface area contributed by atoms with Crippen molar-refractivity contribution in [2.75, 3.05) is 31.1 Å². The maximum Gasteiger partial charge on any atom is 0.0572 e. The zero-order chi connectivity index (χ0) is 13.8. The number of rotatable bonds is 4. The van der Waals surface area contributed by atoms with E-state index >= 15 is 0 Å². The van der Waals surface area contributed by atoms with Gasteiger partial charge in [0, 0.05) is 31.7 Å². The van der Waals surface area contributed by atoms with Crippen molar-refractivity contribution in [2.45, 2.75) is 39.3 Å². The van der Waals surface area contributed by atoms with Crippen LogP contribution in [-0.4, -0.2) is 42.1 Å². The van der Waals surface area contributed by atoms with Gasteiger partial charge in [-0.1, -0.05) is 13.8 Å². The average Bonchev–Trinajstić information content (AvgIpc) is 2.46. The predicted octanol–water partition coefficient (Wildman–Crippen LogP) is 2.02. The molecule has 0 amide bonds. The molecule has 0 bridgehead atoms. The molecule has 4 heteroatoms. The second kappa shape index (κ2) is 6.35. The van der Waals surface area contributed by atoms with E-state index in [4.69, 9.17) is 5.73 Å². The molecule has 0 saturated carbocycles. The van der Waals surface area contributed by atoms with Crippen molar-refractivity contribution in [1.29, 1.82) is 0 Å². The third-order valence-electron chi connectivity index (χ3n) is 4.13. The lowest BCUT2D eigenvalue weighted by Gasteiger charge is -2.40. The molecule has 0 aromatic carbocycles. The Labute approximate surface area is 116 Å². The fourth-order valence-corrected chi connectivity index (χ4v) is 2.71. The van der Waals surface area contributed by atoms with Gasteiger partial charge >= 0.3 is 0 Å². The van der Waals surface area contributed by atoms with Gasteiger partial charge in [0.15, 0.2) is 0 Å². The number of aromatic nitrogens is 1. The van der Waals surface area contributed by atoms with Crippen LogP contribution in [0.4, 0.5) is 5.69 Å². The average molecular weight is 262 g/mol. The van der Waals surface area contributed by atoms with E-state index in [9.17, 15) is 0 Å². The van der Waals surface area contributed by atoms with E-state index in [-0.39, 0.29) is 6.04 Å². The topological polar surface area (TPSA) is 45.4 Å². The van der Waals surface area contributed by atoms with Crippen LogP contribution >= 0.6 is 0 Å². The highest BCUT2D eigenvalue weighted by Gasteiger charge is 2.22. The number of hydrogen-bond donors (Lipinski definition) is 1. The Morgan fingerprint density at radius 1 is 1.37 bits per heavy atom. The number of hydrogen-bond acceptors (Lipinski definition) is 4. The van der Waals surface area contributed by atoms with E-state index in [2.05, 4.69) is 47.7 Å². The molecule has 2 rings (SSSR count). The third-order valence-corrected chi connectivity index (χ3v) is 4.13. The molecular formula is C15H26N4. The van der Waals surface area contributed by atoms with Gasteiger partial charge in [-0.3, -0.25) is 9.88 Å². The highest BCUT2D eigenvalue weighted by molar-refractivity contribution is 5.45. The highest BCUT2D eigenvalue weighted by atomic mass is 15.3. The Kier molecular flexibility index (Phi) is 4.77. The number of nitrogens with zero attached hydrogens (tertiary/aromatic N) is 3. The van der Waals surface area contributed by atoms with Gasteiger partial charge in [0.25, 0.3) is 0 Å². The molecule has 1 aliphatic heterocycles. The molecular weight excluding hydrogens is 236 g/mol. The molecule has 2 N–H and O–H groups in total. The fraction of sp³-hybridized carbons (Fsp3) is 0.667. The minimum Gasteiger partial charge on any atom is -0.367 e. The molecule has 4 nitrogen and oxygen atoms in total. The van der Waals surface area contributed by atoms with Gasteiger partial charge in [-0.05, 0) is 32.0 Å². The molecule has 1 aromatic rings. The largest absolute Gasteiger partial charge is 0.367 e. The van der Waals surface area contributed by atoms with Crippen LogP contribution < -0.4 is 10.6 Å². The molecule has 106 valence electrons. The quantitative estimate of drug-likeness (QED) is 0.902. The minimum atomic E-state index is 0.0601.